The van der Waals surface area contributed by atoms with Crippen LogP contribution in [0.3, 0.4) is 0 Å². The lowest BCUT2D eigenvalue weighted by molar-refractivity contribution is -0.141. The van der Waals surface area contributed by atoms with Crippen molar-refractivity contribution in [3.8, 4) is 0 Å². The summed E-state index contributed by atoms with van der Waals surface area (Å²) in [4.78, 5) is 11.8. The standard InChI is InChI=1S/C14H20O4S/c1-17-9-6-10-19(16)11-13(14(15)18-2)12-7-4-3-5-8-12/h3-5,7-8,13H,6,9-11H2,1-2H3. The molecule has 19 heavy (non-hydrogen) atoms. The highest BCUT2D eigenvalue weighted by Crippen LogP contribution is 2.18. The SMILES string of the molecule is COCCCS(=O)CC(C(=O)OC)c1ccccc1. The van der Waals surface area contributed by atoms with E-state index in [1.807, 2.05) is 30.3 Å². The van der Waals surface area contributed by atoms with Gasteiger partial charge in [-0.1, -0.05) is 30.3 Å². The van der Waals surface area contributed by atoms with E-state index in [4.69, 9.17) is 9.47 Å². The summed E-state index contributed by atoms with van der Waals surface area (Å²) < 4.78 is 21.7. The van der Waals surface area contributed by atoms with Crippen LogP contribution in [0.4, 0.5) is 0 Å². The maximum atomic E-state index is 12.0. The molecule has 0 amide bonds. The van der Waals surface area contributed by atoms with Gasteiger partial charge < -0.3 is 9.47 Å². The van der Waals surface area contributed by atoms with Crippen LogP contribution >= 0.6 is 0 Å². The van der Waals surface area contributed by atoms with E-state index in [1.165, 1.54) is 7.11 Å². The number of benzene rings is 1. The summed E-state index contributed by atoms with van der Waals surface area (Å²) in [5, 5.41) is 0. The third kappa shape index (κ3) is 5.53. The lowest BCUT2D eigenvalue weighted by Crippen LogP contribution is -2.22. The highest BCUT2D eigenvalue weighted by atomic mass is 32.2. The Morgan fingerprint density at radius 3 is 2.53 bits per heavy atom. The molecular formula is C14H20O4S. The molecule has 0 fully saturated rings. The molecule has 5 heteroatoms. The second-order valence-electron chi connectivity index (χ2n) is 4.14. The van der Waals surface area contributed by atoms with Crippen LogP contribution in [0.5, 0.6) is 0 Å². The van der Waals surface area contributed by atoms with Crippen molar-refractivity contribution in [3.05, 3.63) is 35.9 Å². The van der Waals surface area contributed by atoms with E-state index < -0.39 is 16.7 Å². The molecule has 1 aromatic carbocycles. The average Bonchev–Trinajstić information content (AvgIpc) is 2.45. The van der Waals surface area contributed by atoms with Gasteiger partial charge in [-0.15, -0.1) is 0 Å². The number of hydrogen-bond donors (Lipinski definition) is 0. The van der Waals surface area contributed by atoms with Crippen LogP contribution in [-0.4, -0.2) is 42.5 Å². The summed E-state index contributed by atoms with van der Waals surface area (Å²) in [6, 6.07) is 9.31. The van der Waals surface area contributed by atoms with Crippen LogP contribution in [0, 0.1) is 0 Å². The summed E-state index contributed by atoms with van der Waals surface area (Å²) in [6.45, 7) is 0.583. The van der Waals surface area contributed by atoms with E-state index >= 15 is 0 Å². The molecular weight excluding hydrogens is 264 g/mol. The first-order valence-corrected chi connectivity index (χ1v) is 7.64. The van der Waals surface area contributed by atoms with Gasteiger partial charge in [0.05, 0.1) is 13.0 Å². The Labute approximate surface area is 116 Å². The van der Waals surface area contributed by atoms with E-state index in [0.29, 0.717) is 18.1 Å². The lowest BCUT2D eigenvalue weighted by Gasteiger charge is -2.14. The van der Waals surface area contributed by atoms with Crippen LogP contribution in [-0.2, 0) is 25.1 Å². The van der Waals surface area contributed by atoms with Gasteiger partial charge in [0, 0.05) is 36.0 Å². The van der Waals surface area contributed by atoms with Crippen LogP contribution in [0.2, 0.25) is 0 Å². The zero-order valence-corrected chi connectivity index (χ0v) is 12.2. The zero-order chi connectivity index (χ0) is 14.1. The predicted octanol–water partition coefficient (Wildman–Crippen LogP) is 1.73. The summed E-state index contributed by atoms with van der Waals surface area (Å²) in [5.74, 6) is 0.0232. The summed E-state index contributed by atoms with van der Waals surface area (Å²) in [6.07, 6.45) is 0.728. The molecule has 0 aliphatic heterocycles. The fourth-order valence-electron chi connectivity index (χ4n) is 1.76. The first-order chi connectivity index (χ1) is 9.19. The molecule has 1 rings (SSSR count). The Balaban J connectivity index is 2.66. The van der Waals surface area contributed by atoms with Crippen LogP contribution in [0.25, 0.3) is 0 Å². The maximum Gasteiger partial charge on any atom is 0.314 e. The number of rotatable bonds is 8. The van der Waals surface area contributed by atoms with Crippen molar-refractivity contribution < 1.29 is 18.5 Å². The van der Waals surface area contributed by atoms with Gasteiger partial charge in [0.15, 0.2) is 0 Å². The monoisotopic (exact) mass is 284 g/mol. The van der Waals surface area contributed by atoms with E-state index in [-0.39, 0.29) is 5.97 Å². The van der Waals surface area contributed by atoms with Gasteiger partial charge in [-0.25, -0.2) is 0 Å². The highest BCUT2D eigenvalue weighted by Gasteiger charge is 2.23. The largest absolute Gasteiger partial charge is 0.469 e. The molecule has 0 saturated heterocycles. The van der Waals surface area contributed by atoms with Crippen molar-refractivity contribution in [2.45, 2.75) is 12.3 Å². The summed E-state index contributed by atoms with van der Waals surface area (Å²) in [5.41, 5.74) is 0.842. The summed E-state index contributed by atoms with van der Waals surface area (Å²) in [7, 11) is 1.91. The van der Waals surface area contributed by atoms with Gasteiger partial charge in [0.25, 0.3) is 0 Å². The van der Waals surface area contributed by atoms with E-state index in [0.717, 1.165) is 12.0 Å². The quantitative estimate of drug-likeness (QED) is 0.539. The fourth-order valence-corrected chi connectivity index (χ4v) is 3.07. The molecule has 0 bridgehead atoms. The van der Waals surface area contributed by atoms with Crippen molar-refractivity contribution in [2.75, 3.05) is 32.3 Å². The number of carbonyl (C=O) groups is 1. The number of methoxy groups -OCH3 is 2. The first kappa shape index (κ1) is 15.9. The van der Waals surface area contributed by atoms with Gasteiger partial charge >= 0.3 is 5.97 Å². The molecule has 0 spiro atoms. The van der Waals surface area contributed by atoms with E-state index in [2.05, 4.69) is 0 Å². The van der Waals surface area contributed by atoms with Gasteiger partial charge in [0.2, 0.25) is 0 Å². The predicted molar refractivity (Wildman–Crippen MR) is 75.6 cm³/mol. The number of hydrogen-bond acceptors (Lipinski definition) is 4. The Morgan fingerprint density at radius 2 is 1.95 bits per heavy atom. The average molecular weight is 284 g/mol. The smallest absolute Gasteiger partial charge is 0.314 e. The minimum atomic E-state index is -1.06. The molecule has 0 aliphatic rings. The first-order valence-electron chi connectivity index (χ1n) is 6.15. The van der Waals surface area contributed by atoms with Crippen molar-refractivity contribution >= 4 is 16.8 Å². The molecule has 0 N–H and O–H groups in total. The number of carbonyl (C=O) groups excluding carboxylic acids is 1. The van der Waals surface area contributed by atoms with Gasteiger partial charge in [-0.3, -0.25) is 9.00 Å². The number of ether oxygens (including phenoxy) is 2. The Kier molecular flexibility index (Phi) is 7.36. The highest BCUT2D eigenvalue weighted by molar-refractivity contribution is 7.85. The molecule has 0 heterocycles. The third-order valence-electron chi connectivity index (χ3n) is 2.76. The number of esters is 1. The molecule has 1 aromatic rings. The van der Waals surface area contributed by atoms with E-state index in [1.54, 1.807) is 7.11 Å². The molecule has 106 valence electrons. The lowest BCUT2D eigenvalue weighted by atomic mass is 10.0. The summed E-state index contributed by atoms with van der Waals surface area (Å²) >= 11 is 0. The molecule has 4 nitrogen and oxygen atoms in total. The van der Waals surface area contributed by atoms with Crippen LogP contribution in [0.15, 0.2) is 30.3 Å². The van der Waals surface area contributed by atoms with Crippen molar-refractivity contribution in [3.63, 3.8) is 0 Å². The second kappa shape index (κ2) is 8.82. The van der Waals surface area contributed by atoms with Crippen molar-refractivity contribution in [2.24, 2.45) is 0 Å². The van der Waals surface area contributed by atoms with Crippen molar-refractivity contribution in [1.82, 2.24) is 0 Å². The van der Waals surface area contributed by atoms with Crippen LogP contribution in [0.1, 0.15) is 17.9 Å². The molecule has 2 atom stereocenters. The molecule has 0 radical (unpaired) electrons. The van der Waals surface area contributed by atoms with Crippen LogP contribution < -0.4 is 0 Å². The molecule has 0 aromatic heterocycles. The Hall–Kier alpha value is -1.20. The normalized spacial score (nSPS) is 13.8. The van der Waals surface area contributed by atoms with Crippen molar-refractivity contribution in [1.29, 1.82) is 0 Å². The van der Waals surface area contributed by atoms with Gasteiger partial charge in [0.1, 0.15) is 0 Å². The van der Waals surface area contributed by atoms with E-state index in [9.17, 15) is 9.00 Å². The minimum absolute atomic E-state index is 0.292. The van der Waals surface area contributed by atoms with Gasteiger partial charge in [-0.2, -0.15) is 0 Å². The maximum absolute atomic E-state index is 12.0. The Morgan fingerprint density at radius 1 is 1.26 bits per heavy atom. The molecule has 0 aliphatic carbocycles. The topological polar surface area (TPSA) is 52.6 Å². The fraction of sp³-hybridized carbons (Fsp3) is 0.500. The second-order valence-corrected chi connectivity index (χ2v) is 5.76. The zero-order valence-electron chi connectivity index (χ0n) is 11.3. The third-order valence-corrected chi connectivity index (χ3v) is 4.21. The molecule has 2 unspecified atom stereocenters. The Bertz CT molecular complexity index is 405. The molecule has 0 saturated carbocycles. The minimum Gasteiger partial charge on any atom is -0.469 e. The van der Waals surface area contributed by atoms with Gasteiger partial charge in [-0.05, 0) is 12.0 Å².